The molecular weight excluding hydrogens is 236 g/mol. The minimum atomic E-state index is -0.464. The van der Waals surface area contributed by atoms with E-state index in [9.17, 15) is 4.79 Å². The van der Waals surface area contributed by atoms with Gasteiger partial charge in [0, 0.05) is 28.7 Å². The number of primary amides is 1. The first-order chi connectivity index (χ1) is 8.16. The highest BCUT2D eigenvalue weighted by Gasteiger charge is 2.00. The molecule has 0 saturated carbocycles. The average Bonchev–Trinajstić information content (AvgIpc) is 2.75. The van der Waals surface area contributed by atoms with Crippen LogP contribution >= 0.6 is 11.6 Å². The summed E-state index contributed by atoms with van der Waals surface area (Å²) in [6.45, 7) is 0. The van der Waals surface area contributed by atoms with Crippen LogP contribution < -0.4 is 5.73 Å². The molecule has 17 heavy (non-hydrogen) atoms. The Labute approximate surface area is 104 Å². The van der Waals surface area contributed by atoms with Gasteiger partial charge >= 0.3 is 0 Å². The minimum absolute atomic E-state index is 0.464. The molecular formula is C13H11ClN2O. The zero-order chi connectivity index (χ0) is 12.3. The average molecular weight is 247 g/mol. The van der Waals surface area contributed by atoms with Crippen LogP contribution in [0.15, 0.2) is 48.7 Å². The lowest BCUT2D eigenvalue weighted by molar-refractivity contribution is -0.113. The molecule has 0 fully saturated rings. The highest BCUT2D eigenvalue weighted by Crippen LogP contribution is 2.16. The largest absolute Gasteiger partial charge is 0.366 e. The Balaban J connectivity index is 2.36. The molecule has 0 spiro atoms. The number of amides is 1. The highest BCUT2D eigenvalue weighted by atomic mass is 35.5. The third kappa shape index (κ3) is 2.77. The maximum Gasteiger partial charge on any atom is 0.241 e. The fourth-order valence-electron chi connectivity index (χ4n) is 1.53. The summed E-state index contributed by atoms with van der Waals surface area (Å²) in [5.74, 6) is -0.464. The van der Waals surface area contributed by atoms with Gasteiger partial charge in [-0.15, -0.1) is 0 Å². The second-order valence-corrected chi connectivity index (χ2v) is 3.95. The van der Waals surface area contributed by atoms with Gasteiger partial charge < -0.3 is 10.3 Å². The lowest BCUT2D eigenvalue weighted by Gasteiger charge is -2.06. The van der Waals surface area contributed by atoms with Crippen molar-refractivity contribution in [3.63, 3.8) is 0 Å². The standard InChI is InChI=1S/C13H11ClN2O/c14-10-3-5-12(6-4-10)16-9-1-2-11(16)7-8-13(15)17/h1-9H,(H2,15,17)/b8-7+. The number of nitrogens with zero attached hydrogens (tertiary/aromatic N) is 1. The first kappa shape index (κ1) is 11.5. The van der Waals surface area contributed by atoms with E-state index in [-0.39, 0.29) is 0 Å². The molecule has 0 aliphatic carbocycles. The van der Waals surface area contributed by atoms with Crippen LogP contribution in [0.2, 0.25) is 5.02 Å². The number of carbonyl (C=O) groups excluding carboxylic acids is 1. The van der Waals surface area contributed by atoms with Crippen LogP contribution in [0, 0.1) is 0 Å². The number of rotatable bonds is 3. The molecule has 1 heterocycles. The van der Waals surface area contributed by atoms with Gasteiger partial charge in [-0.25, -0.2) is 0 Å². The van der Waals surface area contributed by atoms with Gasteiger partial charge in [-0.3, -0.25) is 4.79 Å². The molecule has 1 amide bonds. The van der Waals surface area contributed by atoms with Crippen molar-refractivity contribution in [2.24, 2.45) is 5.73 Å². The molecule has 1 aromatic heterocycles. The zero-order valence-electron chi connectivity index (χ0n) is 9.01. The predicted molar refractivity (Wildman–Crippen MR) is 69.0 cm³/mol. The summed E-state index contributed by atoms with van der Waals surface area (Å²) in [4.78, 5) is 10.7. The smallest absolute Gasteiger partial charge is 0.241 e. The molecule has 2 rings (SSSR count). The van der Waals surface area contributed by atoms with Gasteiger partial charge in [-0.2, -0.15) is 0 Å². The molecule has 0 radical (unpaired) electrons. The van der Waals surface area contributed by atoms with Crippen molar-refractivity contribution in [3.05, 3.63) is 59.4 Å². The molecule has 2 aromatic rings. The molecule has 1 aromatic carbocycles. The third-order valence-electron chi connectivity index (χ3n) is 2.30. The van der Waals surface area contributed by atoms with Crippen LogP contribution in [0.1, 0.15) is 5.69 Å². The number of aromatic nitrogens is 1. The summed E-state index contributed by atoms with van der Waals surface area (Å²) in [7, 11) is 0. The predicted octanol–water partition coefficient (Wildman–Crippen LogP) is 2.63. The molecule has 0 aliphatic rings. The topological polar surface area (TPSA) is 48.0 Å². The lowest BCUT2D eigenvalue weighted by Crippen LogP contribution is -2.05. The number of nitrogens with two attached hydrogens (primary N) is 1. The Kier molecular flexibility index (Phi) is 3.30. The van der Waals surface area contributed by atoms with Crippen molar-refractivity contribution in [1.82, 2.24) is 4.57 Å². The van der Waals surface area contributed by atoms with Crippen LogP contribution in [-0.4, -0.2) is 10.5 Å². The normalized spacial score (nSPS) is 10.9. The van der Waals surface area contributed by atoms with E-state index in [2.05, 4.69) is 0 Å². The first-order valence-corrected chi connectivity index (χ1v) is 5.45. The molecule has 3 nitrogen and oxygen atoms in total. The van der Waals surface area contributed by atoms with Crippen LogP contribution in [-0.2, 0) is 4.79 Å². The monoisotopic (exact) mass is 246 g/mol. The van der Waals surface area contributed by atoms with Gasteiger partial charge in [0.25, 0.3) is 0 Å². The van der Waals surface area contributed by atoms with Crippen LogP contribution in [0.5, 0.6) is 0 Å². The molecule has 2 N–H and O–H groups in total. The summed E-state index contributed by atoms with van der Waals surface area (Å²) in [6, 6.07) is 11.2. The van der Waals surface area contributed by atoms with Gasteiger partial charge in [-0.05, 0) is 42.5 Å². The van der Waals surface area contributed by atoms with Gasteiger partial charge in [0.2, 0.25) is 5.91 Å². The van der Waals surface area contributed by atoms with Gasteiger partial charge in [0.15, 0.2) is 0 Å². The Bertz CT molecular complexity index is 555. The second kappa shape index (κ2) is 4.89. The Morgan fingerprint density at radius 2 is 1.94 bits per heavy atom. The van der Waals surface area contributed by atoms with Crippen molar-refractivity contribution < 1.29 is 4.79 Å². The van der Waals surface area contributed by atoms with Crippen LogP contribution in [0.25, 0.3) is 11.8 Å². The highest BCUT2D eigenvalue weighted by molar-refractivity contribution is 6.30. The maximum absolute atomic E-state index is 10.7. The number of halogens is 1. The molecule has 86 valence electrons. The quantitative estimate of drug-likeness (QED) is 0.832. The molecule has 0 atom stereocenters. The van der Waals surface area contributed by atoms with E-state index in [0.29, 0.717) is 5.02 Å². The van der Waals surface area contributed by atoms with Crippen molar-refractivity contribution in [1.29, 1.82) is 0 Å². The SMILES string of the molecule is NC(=O)/C=C/c1cccn1-c1ccc(Cl)cc1. The first-order valence-electron chi connectivity index (χ1n) is 5.07. The van der Waals surface area contributed by atoms with Gasteiger partial charge in [0.05, 0.1) is 0 Å². The van der Waals surface area contributed by atoms with E-state index in [1.54, 1.807) is 6.08 Å². The molecule has 0 bridgehead atoms. The zero-order valence-corrected chi connectivity index (χ0v) is 9.76. The minimum Gasteiger partial charge on any atom is -0.366 e. The maximum atomic E-state index is 10.7. The van der Waals surface area contributed by atoms with E-state index in [4.69, 9.17) is 17.3 Å². The Morgan fingerprint density at radius 3 is 2.59 bits per heavy atom. The number of hydrogen-bond acceptors (Lipinski definition) is 1. The van der Waals surface area contributed by atoms with Gasteiger partial charge in [-0.1, -0.05) is 11.6 Å². The summed E-state index contributed by atoms with van der Waals surface area (Å²) in [5.41, 5.74) is 6.92. The molecule has 0 unspecified atom stereocenters. The summed E-state index contributed by atoms with van der Waals surface area (Å²) in [5, 5.41) is 0.690. The van der Waals surface area contributed by atoms with E-state index in [0.717, 1.165) is 11.4 Å². The second-order valence-electron chi connectivity index (χ2n) is 3.52. The number of benzene rings is 1. The van der Waals surface area contributed by atoms with Crippen molar-refractivity contribution >= 4 is 23.6 Å². The third-order valence-corrected chi connectivity index (χ3v) is 2.56. The summed E-state index contributed by atoms with van der Waals surface area (Å²) < 4.78 is 1.94. The van der Waals surface area contributed by atoms with E-state index in [1.807, 2.05) is 47.2 Å². The summed E-state index contributed by atoms with van der Waals surface area (Å²) in [6.07, 6.45) is 4.92. The Morgan fingerprint density at radius 1 is 1.24 bits per heavy atom. The fourth-order valence-corrected chi connectivity index (χ4v) is 1.66. The van der Waals surface area contributed by atoms with Crippen molar-refractivity contribution in [2.45, 2.75) is 0 Å². The number of carbonyl (C=O) groups is 1. The van der Waals surface area contributed by atoms with Crippen molar-refractivity contribution in [3.8, 4) is 5.69 Å². The van der Waals surface area contributed by atoms with Crippen LogP contribution in [0.4, 0.5) is 0 Å². The van der Waals surface area contributed by atoms with E-state index < -0.39 is 5.91 Å². The molecule has 4 heteroatoms. The fraction of sp³-hybridized carbons (Fsp3) is 0. The van der Waals surface area contributed by atoms with Crippen molar-refractivity contribution in [2.75, 3.05) is 0 Å². The molecule has 0 saturated heterocycles. The van der Waals surface area contributed by atoms with Crippen LogP contribution in [0.3, 0.4) is 0 Å². The Hall–Kier alpha value is -2.00. The lowest BCUT2D eigenvalue weighted by atomic mass is 10.3. The molecule has 0 aliphatic heterocycles. The number of hydrogen-bond donors (Lipinski definition) is 1. The van der Waals surface area contributed by atoms with E-state index in [1.165, 1.54) is 6.08 Å². The summed E-state index contributed by atoms with van der Waals surface area (Å²) >= 11 is 5.83. The van der Waals surface area contributed by atoms with E-state index >= 15 is 0 Å². The van der Waals surface area contributed by atoms with Gasteiger partial charge in [0.1, 0.15) is 0 Å².